The van der Waals surface area contributed by atoms with Crippen LogP contribution < -0.4 is 16.0 Å². The molecule has 0 fully saturated rings. The number of thiazole rings is 1. The van der Waals surface area contributed by atoms with Gasteiger partial charge < -0.3 is 16.0 Å². The van der Waals surface area contributed by atoms with Crippen LogP contribution in [-0.4, -0.2) is 29.9 Å². The topological polar surface area (TPSA) is 78.4 Å². The minimum atomic E-state index is -0.0319. The second-order valence-electron chi connectivity index (χ2n) is 7.08. The van der Waals surface area contributed by atoms with Crippen molar-refractivity contribution >= 4 is 47.2 Å². The van der Waals surface area contributed by atoms with Crippen LogP contribution in [0.5, 0.6) is 0 Å². The zero-order chi connectivity index (χ0) is 20.5. The molecule has 0 aliphatic carbocycles. The van der Waals surface area contributed by atoms with E-state index in [1.54, 1.807) is 18.4 Å². The van der Waals surface area contributed by atoms with Crippen LogP contribution in [-0.2, 0) is 13.1 Å². The molecule has 2 rings (SSSR count). The number of nitrogens with one attached hydrogen (secondary N) is 3. The Balaban J connectivity index is 0.00000420. The molecule has 0 radical (unpaired) electrons. The lowest BCUT2D eigenvalue weighted by molar-refractivity contribution is 0.0939. The van der Waals surface area contributed by atoms with Crippen LogP contribution in [0, 0.1) is 0 Å². The van der Waals surface area contributed by atoms with E-state index in [1.165, 1.54) is 0 Å². The van der Waals surface area contributed by atoms with E-state index in [-0.39, 0.29) is 35.9 Å². The lowest BCUT2D eigenvalue weighted by atomic mass is 10.1. The van der Waals surface area contributed by atoms with Gasteiger partial charge in [-0.25, -0.2) is 4.98 Å². The summed E-state index contributed by atoms with van der Waals surface area (Å²) in [5, 5.41) is 12.7. The fourth-order valence-electron chi connectivity index (χ4n) is 2.42. The highest BCUT2D eigenvalue weighted by Crippen LogP contribution is 2.17. The molecule has 0 aliphatic heterocycles. The van der Waals surface area contributed by atoms with Gasteiger partial charge in [0.05, 0.1) is 12.2 Å². The first kappa shape index (κ1) is 25.4. The summed E-state index contributed by atoms with van der Waals surface area (Å²) < 4.78 is 0. The summed E-state index contributed by atoms with van der Waals surface area (Å²) in [6.07, 6.45) is 0.916. The number of nitrogens with zero attached hydrogens (tertiary/aromatic N) is 2. The van der Waals surface area contributed by atoms with Crippen molar-refractivity contribution in [3.63, 3.8) is 0 Å². The Bertz CT molecular complexity index is 789. The molecule has 6 nitrogen and oxygen atoms in total. The summed E-state index contributed by atoms with van der Waals surface area (Å²) in [6.45, 7) is 9.62. The number of rotatable bonds is 8. The van der Waals surface area contributed by atoms with E-state index in [2.05, 4.69) is 52.1 Å². The van der Waals surface area contributed by atoms with E-state index in [1.807, 2.05) is 31.2 Å². The van der Waals surface area contributed by atoms with E-state index in [9.17, 15) is 4.79 Å². The monoisotopic (exact) mass is 529 g/mol. The Morgan fingerprint density at radius 3 is 2.34 bits per heavy atom. The Morgan fingerprint density at radius 2 is 1.79 bits per heavy atom. The number of aliphatic imine (C=N–C) groups is 1. The molecule has 0 spiro atoms. The van der Waals surface area contributed by atoms with Gasteiger partial charge in [-0.1, -0.05) is 32.9 Å². The molecule has 0 bridgehead atoms. The average molecular weight is 529 g/mol. The van der Waals surface area contributed by atoms with Crippen LogP contribution in [0.3, 0.4) is 0 Å². The van der Waals surface area contributed by atoms with Gasteiger partial charge in [0, 0.05) is 30.6 Å². The highest BCUT2D eigenvalue weighted by Gasteiger charge is 2.09. The number of halogens is 1. The highest BCUT2D eigenvalue weighted by atomic mass is 127. The van der Waals surface area contributed by atoms with Crippen LogP contribution in [0.2, 0.25) is 0 Å². The molecule has 8 heteroatoms. The fraction of sp³-hybridized carbons (Fsp3) is 0.476. The number of carbonyl (C=O) groups excluding carboxylic acids is 1. The normalized spacial score (nSPS) is 12.3. The standard InChI is InChI=1S/C21H31N5OS.HI/c1-6-15(4)25-20(27)17-9-7-16(8-10-17)11-23-21(22-5)24-12-19-26-18(13-28-19)14(2)3;/h7-10,13-15H,6,11-12H2,1-5H3,(H,25,27)(H2,22,23,24);1H. The van der Waals surface area contributed by atoms with E-state index in [0.29, 0.717) is 24.6 Å². The van der Waals surface area contributed by atoms with Gasteiger partial charge in [-0.2, -0.15) is 0 Å². The second kappa shape index (κ2) is 12.8. The number of aromatic nitrogens is 1. The minimum absolute atomic E-state index is 0. The van der Waals surface area contributed by atoms with Crippen molar-refractivity contribution in [2.45, 2.75) is 59.2 Å². The number of hydrogen-bond acceptors (Lipinski definition) is 4. The molecule has 3 N–H and O–H groups in total. The third-order valence-corrected chi connectivity index (χ3v) is 5.32. The van der Waals surface area contributed by atoms with E-state index in [0.717, 1.165) is 28.6 Å². The molecule has 160 valence electrons. The van der Waals surface area contributed by atoms with Crippen molar-refractivity contribution in [2.24, 2.45) is 4.99 Å². The zero-order valence-corrected chi connectivity index (χ0v) is 20.9. The summed E-state index contributed by atoms with van der Waals surface area (Å²) in [5.41, 5.74) is 2.89. The van der Waals surface area contributed by atoms with Gasteiger partial charge in [0.25, 0.3) is 5.91 Å². The molecule has 29 heavy (non-hydrogen) atoms. The summed E-state index contributed by atoms with van der Waals surface area (Å²) in [5.74, 6) is 1.13. The van der Waals surface area contributed by atoms with E-state index < -0.39 is 0 Å². The summed E-state index contributed by atoms with van der Waals surface area (Å²) >= 11 is 1.66. The summed E-state index contributed by atoms with van der Waals surface area (Å²) in [6, 6.07) is 7.81. The molecule has 1 heterocycles. The van der Waals surface area contributed by atoms with Gasteiger partial charge in [0.2, 0.25) is 0 Å². The van der Waals surface area contributed by atoms with Crippen LogP contribution >= 0.6 is 35.3 Å². The third-order valence-electron chi connectivity index (χ3n) is 4.46. The third kappa shape index (κ3) is 8.30. The number of guanidine groups is 1. The average Bonchev–Trinajstić information content (AvgIpc) is 3.17. The van der Waals surface area contributed by atoms with Gasteiger partial charge in [0.1, 0.15) is 5.01 Å². The Morgan fingerprint density at radius 1 is 1.14 bits per heavy atom. The van der Waals surface area contributed by atoms with Gasteiger partial charge in [0.15, 0.2) is 5.96 Å². The van der Waals surface area contributed by atoms with Crippen LogP contribution in [0.1, 0.15) is 66.7 Å². The van der Waals surface area contributed by atoms with Gasteiger partial charge in [-0.15, -0.1) is 35.3 Å². The molecule has 1 unspecified atom stereocenters. The smallest absolute Gasteiger partial charge is 0.251 e. The van der Waals surface area contributed by atoms with Gasteiger partial charge >= 0.3 is 0 Å². The molecule has 1 aromatic carbocycles. The molecule has 0 saturated heterocycles. The summed E-state index contributed by atoms with van der Waals surface area (Å²) in [7, 11) is 1.75. The van der Waals surface area contributed by atoms with Crippen LogP contribution in [0.15, 0.2) is 34.6 Å². The maximum Gasteiger partial charge on any atom is 0.251 e. The Kier molecular flexibility index (Phi) is 11.2. The SMILES string of the molecule is CCC(C)NC(=O)c1ccc(CNC(=NC)NCc2nc(C(C)C)cs2)cc1.I. The second-order valence-corrected chi connectivity index (χ2v) is 8.02. The molecular weight excluding hydrogens is 497 g/mol. The van der Waals surface area contributed by atoms with Crippen molar-refractivity contribution in [2.75, 3.05) is 7.05 Å². The molecule has 2 aromatic rings. The number of hydrogen-bond donors (Lipinski definition) is 3. The van der Waals surface area contributed by atoms with Crippen LogP contribution in [0.25, 0.3) is 0 Å². The molecule has 1 aromatic heterocycles. The predicted molar refractivity (Wildman–Crippen MR) is 132 cm³/mol. The van der Waals surface area contributed by atoms with Crippen molar-refractivity contribution in [1.29, 1.82) is 0 Å². The van der Waals surface area contributed by atoms with Crippen molar-refractivity contribution < 1.29 is 4.79 Å². The van der Waals surface area contributed by atoms with Crippen LogP contribution in [0.4, 0.5) is 0 Å². The highest BCUT2D eigenvalue weighted by molar-refractivity contribution is 14.0. The quantitative estimate of drug-likeness (QED) is 0.271. The largest absolute Gasteiger partial charge is 0.352 e. The molecule has 1 atom stereocenters. The lowest BCUT2D eigenvalue weighted by Crippen LogP contribution is -2.36. The first-order valence-corrected chi connectivity index (χ1v) is 10.6. The number of amides is 1. The predicted octanol–water partition coefficient (Wildman–Crippen LogP) is 4.28. The molecule has 0 aliphatic rings. The van der Waals surface area contributed by atoms with Gasteiger partial charge in [-0.05, 0) is 37.0 Å². The van der Waals surface area contributed by atoms with Crippen molar-refractivity contribution in [3.8, 4) is 0 Å². The van der Waals surface area contributed by atoms with Crippen molar-refractivity contribution in [1.82, 2.24) is 20.9 Å². The summed E-state index contributed by atoms with van der Waals surface area (Å²) in [4.78, 5) is 21.0. The minimum Gasteiger partial charge on any atom is -0.352 e. The Hall–Kier alpha value is -1.68. The molecule has 1 amide bonds. The number of carbonyl (C=O) groups is 1. The first-order valence-electron chi connectivity index (χ1n) is 9.71. The van der Waals surface area contributed by atoms with Crippen molar-refractivity contribution in [3.05, 3.63) is 51.5 Å². The fourth-order valence-corrected chi connectivity index (χ4v) is 3.32. The maximum atomic E-state index is 12.1. The Labute approximate surface area is 195 Å². The van der Waals surface area contributed by atoms with E-state index in [4.69, 9.17) is 0 Å². The lowest BCUT2D eigenvalue weighted by Gasteiger charge is -2.13. The number of benzene rings is 1. The zero-order valence-electron chi connectivity index (χ0n) is 17.8. The maximum absolute atomic E-state index is 12.1. The van der Waals surface area contributed by atoms with E-state index >= 15 is 0 Å². The first-order chi connectivity index (χ1) is 13.4. The van der Waals surface area contributed by atoms with Gasteiger partial charge in [-0.3, -0.25) is 9.79 Å². The molecule has 0 saturated carbocycles. The molecular formula is C21H32IN5OS.